The maximum atomic E-state index is 12.2. The van der Waals surface area contributed by atoms with Crippen molar-refractivity contribution in [2.75, 3.05) is 0 Å². The third-order valence-electron chi connectivity index (χ3n) is 4.31. The summed E-state index contributed by atoms with van der Waals surface area (Å²) in [6, 6.07) is 0. The largest absolute Gasteiger partial charge is 0.457 e. The zero-order valence-corrected chi connectivity index (χ0v) is 15.8. The molecule has 1 unspecified atom stereocenters. The van der Waals surface area contributed by atoms with Crippen LogP contribution in [0.2, 0.25) is 0 Å². The predicted octanol–water partition coefficient (Wildman–Crippen LogP) is 3.37. The number of carbonyl (C=O) groups is 3. The van der Waals surface area contributed by atoms with Crippen molar-refractivity contribution in [3.8, 4) is 0 Å². The number of esters is 2. The lowest BCUT2D eigenvalue weighted by atomic mass is 9.83. The molecule has 0 amide bonds. The zero-order chi connectivity index (χ0) is 19.5. The molecule has 1 aliphatic heterocycles. The summed E-state index contributed by atoms with van der Waals surface area (Å²) in [7, 11) is 0. The summed E-state index contributed by atoms with van der Waals surface area (Å²) < 4.78 is 15.9. The first-order chi connectivity index (χ1) is 12.1. The number of allylic oxidation sites excluding steroid dienone is 2. The van der Waals surface area contributed by atoms with Gasteiger partial charge in [0.05, 0.1) is 12.5 Å². The van der Waals surface area contributed by atoms with Crippen molar-refractivity contribution in [1.82, 2.24) is 0 Å². The van der Waals surface area contributed by atoms with E-state index >= 15 is 0 Å². The minimum Gasteiger partial charge on any atom is -0.457 e. The van der Waals surface area contributed by atoms with Gasteiger partial charge < -0.3 is 14.2 Å². The van der Waals surface area contributed by atoms with Gasteiger partial charge in [-0.3, -0.25) is 9.59 Å². The fraction of sp³-hybridized carbons (Fsp3) is 0.550. The van der Waals surface area contributed by atoms with Gasteiger partial charge in [-0.15, -0.1) is 0 Å². The molecule has 0 aromatic carbocycles. The molecule has 0 radical (unpaired) electrons. The number of carbonyl (C=O) groups excluding carboxylic acids is 3. The van der Waals surface area contributed by atoms with Crippen LogP contribution in [0, 0.1) is 5.92 Å². The summed E-state index contributed by atoms with van der Waals surface area (Å²) in [5.74, 6) is -2.40. The highest BCUT2D eigenvalue weighted by Gasteiger charge is 2.32. The van der Waals surface area contributed by atoms with Gasteiger partial charge in [0.25, 0.3) is 0 Å². The lowest BCUT2D eigenvalue weighted by molar-refractivity contribution is -0.205. The molecule has 2 aliphatic rings. The van der Waals surface area contributed by atoms with Gasteiger partial charge in [-0.1, -0.05) is 17.7 Å². The monoisotopic (exact) mass is 362 g/mol. The van der Waals surface area contributed by atoms with E-state index in [4.69, 9.17) is 14.2 Å². The number of ether oxygens (including phenoxy) is 3. The second-order valence-corrected chi connectivity index (χ2v) is 7.38. The van der Waals surface area contributed by atoms with Crippen LogP contribution >= 0.6 is 0 Å². The molecule has 6 nitrogen and oxygen atoms in total. The molecule has 0 fully saturated rings. The normalized spacial score (nSPS) is 24.5. The van der Waals surface area contributed by atoms with Crippen LogP contribution in [-0.2, 0) is 28.6 Å². The van der Waals surface area contributed by atoms with E-state index in [2.05, 4.69) is 6.58 Å². The molecule has 142 valence electrons. The zero-order valence-electron chi connectivity index (χ0n) is 15.8. The lowest BCUT2D eigenvalue weighted by Gasteiger charge is -2.30. The van der Waals surface area contributed by atoms with E-state index < -0.39 is 17.7 Å². The van der Waals surface area contributed by atoms with Gasteiger partial charge in [0.2, 0.25) is 5.79 Å². The van der Waals surface area contributed by atoms with Gasteiger partial charge in [-0.2, -0.15) is 0 Å². The molecule has 0 spiro atoms. The molecule has 1 aliphatic carbocycles. The maximum absolute atomic E-state index is 12.2. The standard InChI is InChI=1S/C20H26O6/c1-12(2)16-7-6-13(3)8-17(16)24-18(22)10-14(21)9-15-11-19(23)26-20(4,5)25-15/h8,11,16-17H,1,6-7,9-10H2,2-5H3/t16-,17?/m0/s1. The van der Waals surface area contributed by atoms with Crippen LogP contribution in [0.15, 0.2) is 35.6 Å². The smallest absolute Gasteiger partial charge is 0.337 e. The molecule has 0 bridgehead atoms. The van der Waals surface area contributed by atoms with Crippen LogP contribution in [0.5, 0.6) is 0 Å². The van der Waals surface area contributed by atoms with Crippen molar-refractivity contribution in [3.05, 3.63) is 35.6 Å². The van der Waals surface area contributed by atoms with Gasteiger partial charge >= 0.3 is 11.9 Å². The Labute approximate surface area is 153 Å². The van der Waals surface area contributed by atoms with Gasteiger partial charge in [0.1, 0.15) is 18.3 Å². The van der Waals surface area contributed by atoms with E-state index in [-0.39, 0.29) is 36.4 Å². The second kappa shape index (κ2) is 7.89. The fourth-order valence-electron chi connectivity index (χ4n) is 3.14. The molecular weight excluding hydrogens is 336 g/mol. The number of rotatable bonds is 6. The van der Waals surface area contributed by atoms with E-state index in [0.29, 0.717) is 0 Å². The molecule has 1 heterocycles. The summed E-state index contributed by atoms with van der Waals surface area (Å²) in [5.41, 5.74) is 2.12. The molecule has 2 rings (SSSR count). The molecule has 2 atom stereocenters. The Morgan fingerprint density at radius 1 is 1.35 bits per heavy atom. The first-order valence-electron chi connectivity index (χ1n) is 8.72. The number of cyclic esters (lactones) is 1. The molecule has 0 N–H and O–H groups in total. The highest BCUT2D eigenvalue weighted by Crippen LogP contribution is 2.31. The SMILES string of the molecule is C=C(C)[C@@H]1CCC(C)=CC1OC(=O)CC(=O)CC1=CC(=O)OC(C)(C)O1. The van der Waals surface area contributed by atoms with E-state index in [1.807, 2.05) is 19.9 Å². The average molecular weight is 362 g/mol. The van der Waals surface area contributed by atoms with Crippen molar-refractivity contribution in [2.24, 2.45) is 5.92 Å². The predicted molar refractivity (Wildman–Crippen MR) is 94.8 cm³/mol. The molecular formula is C20H26O6. The van der Waals surface area contributed by atoms with Crippen molar-refractivity contribution in [1.29, 1.82) is 0 Å². The van der Waals surface area contributed by atoms with Crippen molar-refractivity contribution in [2.45, 2.75) is 65.3 Å². The van der Waals surface area contributed by atoms with Crippen LogP contribution in [0.4, 0.5) is 0 Å². The highest BCUT2D eigenvalue weighted by molar-refractivity contribution is 5.97. The summed E-state index contributed by atoms with van der Waals surface area (Å²) in [4.78, 5) is 35.8. The molecule has 0 saturated carbocycles. The first kappa shape index (κ1) is 19.9. The number of Topliss-reactive ketones (excluding diaryl/α,β-unsaturated/α-hetero) is 1. The quantitative estimate of drug-likeness (QED) is 0.409. The Hall–Kier alpha value is -2.37. The van der Waals surface area contributed by atoms with Crippen molar-refractivity contribution in [3.63, 3.8) is 0 Å². The number of hydrogen-bond donors (Lipinski definition) is 0. The van der Waals surface area contributed by atoms with Gasteiger partial charge in [0.15, 0.2) is 5.78 Å². The van der Waals surface area contributed by atoms with E-state index in [0.717, 1.165) is 30.1 Å². The van der Waals surface area contributed by atoms with Crippen LogP contribution < -0.4 is 0 Å². The van der Waals surface area contributed by atoms with Crippen LogP contribution in [0.25, 0.3) is 0 Å². The van der Waals surface area contributed by atoms with Crippen LogP contribution in [-0.4, -0.2) is 29.6 Å². The van der Waals surface area contributed by atoms with E-state index in [1.165, 1.54) is 0 Å². The Bertz CT molecular complexity index is 682. The first-order valence-corrected chi connectivity index (χ1v) is 8.72. The molecule has 26 heavy (non-hydrogen) atoms. The van der Waals surface area contributed by atoms with Crippen molar-refractivity contribution >= 4 is 17.7 Å². The number of hydrogen-bond acceptors (Lipinski definition) is 6. The summed E-state index contributed by atoms with van der Waals surface area (Å²) in [6.45, 7) is 11.0. The summed E-state index contributed by atoms with van der Waals surface area (Å²) in [6.07, 6.45) is 3.96. The Morgan fingerprint density at radius 3 is 2.65 bits per heavy atom. The topological polar surface area (TPSA) is 78.9 Å². The third kappa shape index (κ3) is 5.58. The summed E-state index contributed by atoms with van der Waals surface area (Å²) >= 11 is 0. The Kier molecular flexibility index (Phi) is 6.05. The van der Waals surface area contributed by atoms with E-state index in [9.17, 15) is 14.4 Å². The Balaban J connectivity index is 1.93. The van der Waals surface area contributed by atoms with Crippen LogP contribution in [0.3, 0.4) is 0 Å². The molecule has 6 heteroatoms. The van der Waals surface area contributed by atoms with Gasteiger partial charge in [-0.05, 0) is 32.8 Å². The fourth-order valence-corrected chi connectivity index (χ4v) is 3.14. The lowest BCUT2D eigenvalue weighted by Crippen LogP contribution is -2.35. The summed E-state index contributed by atoms with van der Waals surface area (Å²) in [5, 5.41) is 0. The van der Waals surface area contributed by atoms with Crippen molar-refractivity contribution < 1.29 is 28.6 Å². The third-order valence-corrected chi connectivity index (χ3v) is 4.31. The van der Waals surface area contributed by atoms with Gasteiger partial charge in [0, 0.05) is 19.8 Å². The molecule has 0 aromatic heterocycles. The molecule has 0 saturated heterocycles. The minimum absolute atomic E-state index is 0.0673. The minimum atomic E-state index is -1.12. The second-order valence-electron chi connectivity index (χ2n) is 7.38. The number of ketones is 1. The van der Waals surface area contributed by atoms with E-state index in [1.54, 1.807) is 13.8 Å². The van der Waals surface area contributed by atoms with Crippen LogP contribution in [0.1, 0.15) is 53.4 Å². The van der Waals surface area contributed by atoms with Gasteiger partial charge in [-0.25, -0.2) is 4.79 Å². The average Bonchev–Trinajstić information content (AvgIpc) is 2.43. The highest BCUT2D eigenvalue weighted by atomic mass is 16.7. The maximum Gasteiger partial charge on any atom is 0.337 e. The molecule has 0 aromatic rings. The Morgan fingerprint density at radius 2 is 2.04 bits per heavy atom.